The Morgan fingerprint density at radius 2 is 2.03 bits per heavy atom. The zero-order valence-corrected chi connectivity index (χ0v) is 19.1. The van der Waals surface area contributed by atoms with Crippen LogP contribution in [-0.4, -0.2) is 50.4 Å². The van der Waals surface area contributed by atoms with Crippen LogP contribution in [0.3, 0.4) is 0 Å². The molecule has 5 rings (SSSR count). The van der Waals surface area contributed by atoms with E-state index in [0.29, 0.717) is 53.5 Å². The predicted octanol–water partition coefficient (Wildman–Crippen LogP) is 5.05. The lowest BCUT2D eigenvalue weighted by Gasteiger charge is -2.33. The van der Waals surface area contributed by atoms with E-state index in [1.807, 2.05) is 0 Å². The number of hydrogen-bond acceptors (Lipinski definition) is 5. The quantitative estimate of drug-likeness (QED) is 0.400. The number of fused-ring (bicyclic) bond motifs is 1. The fourth-order valence-electron chi connectivity index (χ4n) is 4.27. The van der Waals surface area contributed by atoms with Gasteiger partial charge in [-0.25, -0.2) is 28.1 Å². The first kappa shape index (κ1) is 23.1. The molecule has 0 bridgehead atoms. The van der Waals surface area contributed by atoms with Crippen LogP contribution in [0.4, 0.5) is 19.0 Å². The Bertz CT molecular complexity index is 1410. The molecule has 0 radical (unpaired) electrons. The maximum absolute atomic E-state index is 14.5. The molecule has 180 valence electrons. The molecule has 35 heavy (non-hydrogen) atoms. The molecule has 1 fully saturated rings. The molecule has 4 aromatic rings. The Morgan fingerprint density at radius 3 is 2.89 bits per heavy atom. The summed E-state index contributed by atoms with van der Waals surface area (Å²) in [6, 6.07) is 4.55. The summed E-state index contributed by atoms with van der Waals surface area (Å²) in [5.41, 5.74) is 0.941. The van der Waals surface area contributed by atoms with Gasteiger partial charge in [-0.3, -0.25) is 4.79 Å². The van der Waals surface area contributed by atoms with Gasteiger partial charge < -0.3 is 15.2 Å². The van der Waals surface area contributed by atoms with E-state index in [0.717, 1.165) is 30.8 Å². The largest absolute Gasteiger partial charge is 0.367 e. The molecule has 1 aromatic carbocycles. The Hall–Kier alpha value is -3.66. The van der Waals surface area contributed by atoms with Crippen LogP contribution in [0.1, 0.15) is 23.2 Å². The highest BCUT2D eigenvalue weighted by Crippen LogP contribution is 2.28. The molecule has 0 saturated carbocycles. The lowest BCUT2D eigenvalue weighted by Crippen LogP contribution is -2.42. The first-order valence-corrected chi connectivity index (χ1v) is 11.4. The standard InChI is InChI=1S/C24H20ClF3N6O/c25-14-6-16-18(10-31-21(16)30-9-14)22-32-11-20(28)23(33-22)29-8-13-2-1-5-34(12-13)24(35)17-7-15(26)3-4-19(17)27/h3-4,6-7,9-11,13H,1-2,5,8,12H2,(H,30,31)(H,29,32,33)/t13-/m1/s1. The van der Waals surface area contributed by atoms with E-state index in [1.54, 1.807) is 12.3 Å². The van der Waals surface area contributed by atoms with E-state index in [9.17, 15) is 18.0 Å². The molecule has 4 heterocycles. The van der Waals surface area contributed by atoms with Crippen LogP contribution in [0.25, 0.3) is 22.4 Å². The summed E-state index contributed by atoms with van der Waals surface area (Å²) in [5.74, 6) is -2.32. The number of amides is 1. The van der Waals surface area contributed by atoms with Crippen molar-refractivity contribution in [2.75, 3.05) is 25.0 Å². The zero-order valence-electron chi connectivity index (χ0n) is 18.4. The minimum Gasteiger partial charge on any atom is -0.367 e. The molecule has 0 aliphatic carbocycles. The van der Waals surface area contributed by atoms with Crippen molar-refractivity contribution in [1.29, 1.82) is 0 Å². The van der Waals surface area contributed by atoms with Gasteiger partial charge in [-0.05, 0) is 43.0 Å². The lowest BCUT2D eigenvalue weighted by atomic mass is 9.97. The molecule has 1 aliphatic rings. The third-order valence-corrected chi connectivity index (χ3v) is 6.21. The van der Waals surface area contributed by atoms with E-state index >= 15 is 0 Å². The highest BCUT2D eigenvalue weighted by Gasteiger charge is 2.27. The molecule has 11 heteroatoms. The molecule has 1 atom stereocenters. The molecule has 1 amide bonds. The van der Waals surface area contributed by atoms with E-state index < -0.39 is 23.4 Å². The van der Waals surface area contributed by atoms with Crippen molar-refractivity contribution in [2.24, 2.45) is 5.92 Å². The fraction of sp³-hybridized carbons (Fsp3) is 0.250. The molecular formula is C24H20ClF3N6O. The summed E-state index contributed by atoms with van der Waals surface area (Å²) in [6.45, 7) is 1.10. The third-order valence-electron chi connectivity index (χ3n) is 6.01. The summed E-state index contributed by atoms with van der Waals surface area (Å²) in [7, 11) is 0. The van der Waals surface area contributed by atoms with E-state index in [1.165, 1.54) is 11.1 Å². The number of aromatic nitrogens is 4. The molecule has 1 aliphatic heterocycles. The van der Waals surface area contributed by atoms with Crippen molar-refractivity contribution < 1.29 is 18.0 Å². The topological polar surface area (TPSA) is 86.8 Å². The molecule has 0 unspecified atom stereocenters. The summed E-state index contributed by atoms with van der Waals surface area (Å²) >= 11 is 6.06. The minimum atomic E-state index is -0.763. The number of likely N-dealkylation sites (tertiary alicyclic amines) is 1. The van der Waals surface area contributed by atoms with Crippen LogP contribution in [0.15, 0.2) is 42.9 Å². The van der Waals surface area contributed by atoms with Crippen molar-refractivity contribution in [3.05, 3.63) is 70.9 Å². The van der Waals surface area contributed by atoms with Crippen LogP contribution < -0.4 is 5.32 Å². The third kappa shape index (κ3) is 4.79. The SMILES string of the molecule is O=C(c1cc(F)ccc1F)N1CCC[C@H](CNc2nc(-c3c[nH]c4ncc(Cl)cc34)ncc2F)C1. The highest BCUT2D eigenvalue weighted by atomic mass is 35.5. The number of carbonyl (C=O) groups is 1. The highest BCUT2D eigenvalue weighted by molar-refractivity contribution is 6.31. The Kier molecular flexibility index (Phi) is 6.29. The molecule has 2 N–H and O–H groups in total. The van der Waals surface area contributed by atoms with Gasteiger partial charge in [0, 0.05) is 43.0 Å². The second-order valence-electron chi connectivity index (χ2n) is 8.41. The summed E-state index contributed by atoms with van der Waals surface area (Å²) in [4.78, 5) is 29.9. The Morgan fingerprint density at radius 1 is 1.17 bits per heavy atom. The van der Waals surface area contributed by atoms with E-state index in [4.69, 9.17) is 11.6 Å². The van der Waals surface area contributed by atoms with Crippen LogP contribution in [0, 0.1) is 23.4 Å². The predicted molar refractivity (Wildman–Crippen MR) is 126 cm³/mol. The zero-order chi connectivity index (χ0) is 24.5. The normalized spacial score (nSPS) is 16.0. The van der Waals surface area contributed by atoms with Gasteiger partial charge in [0.05, 0.1) is 16.8 Å². The number of nitrogens with zero attached hydrogens (tertiary/aromatic N) is 4. The first-order valence-electron chi connectivity index (χ1n) is 11.0. The van der Waals surface area contributed by atoms with E-state index in [-0.39, 0.29) is 17.3 Å². The number of benzene rings is 1. The second-order valence-corrected chi connectivity index (χ2v) is 8.84. The van der Waals surface area contributed by atoms with E-state index in [2.05, 4.69) is 25.3 Å². The monoisotopic (exact) mass is 500 g/mol. The summed E-state index contributed by atoms with van der Waals surface area (Å²) < 4.78 is 42.1. The van der Waals surface area contributed by atoms with Crippen molar-refractivity contribution in [2.45, 2.75) is 12.8 Å². The van der Waals surface area contributed by atoms with Gasteiger partial charge in [-0.1, -0.05) is 11.6 Å². The Labute approximate surface area is 203 Å². The number of anilines is 1. The van der Waals surface area contributed by atoms with Crippen LogP contribution in [-0.2, 0) is 0 Å². The molecule has 0 spiro atoms. The lowest BCUT2D eigenvalue weighted by molar-refractivity contribution is 0.0675. The molecule has 3 aromatic heterocycles. The smallest absolute Gasteiger partial charge is 0.256 e. The van der Waals surface area contributed by atoms with Gasteiger partial charge in [-0.15, -0.1) is 0 Å². The molecule has 1 saturated heterocycles. The average molecular weight is 501 g/mol. The fourth-order valence-corrected chi connectivity index (χ4v) is 4.43. The molecule has 7 nitrogen and oxygen atoms in total. The number of halogens is 4. The molecular weight excluding hydrogens is 481 g/mol. The van der Waals surface area contributed by atoms with Gasteiger partial charge in [0.2, 0.25) is 0 Å². The number of pyridine rings is 1. The van der Waals surface area contributed by atoms with Crippen LogP contribution in [0.2, 0.25) is 5.02 Å². The van der Waals surface area contributed by atoms with Gasteiger partial charge in [0.1, 0.15) is 17.3 Å². The van der Waals surface area contributed by atoms with Crippen LogP contribution in [0.5, 0.6) is 0 Å². The number of aromatic amines is 1. The number of nitrogens with one attached hydrogen (secondary N) is 2. The number of rotatable bonds is 5. The van der Waals surface area contributed by atoms with Crippen LogP contribution >= 0.6 is 11.6 Å². The van der Waals surface area contributed by atoms with Gasteiger partial charge in [-0.2, -0.15) is 0 Å². The maximum Gasteiger partial charge on any atom is 0.256 e. The maximum atomic E-state index is 14.5. The van der Waals surface area contributed by atoms with Gasteiger partial charge >= 0.3 is 0 Å². The Balaban J connectivity index is 1.30. The number of carbonyl (C=O) groups excluding carboxylic acids is 1. The number of H-pyrrole nitrogens is 1. The minimum absolute atomic E-state index is 0.0268. The van der Waals surface area contributed by atoms with Gasteiger partial charge in [0.25, 0.3) is 5.91 Å². The van der Waals surface area contributed by atoms with Crippen molar-refractivity contribution >= 4 is 34.4 Å². The van der Waals surface area contributed by atoms with Crippen molar-refractivity contribution in [1.82, 2.24) is 24.8 Å². The van der Waals surface area contributed by atoms with Crippen molar-refractivity contribution in [3.8, 4) is 11.4 Å². The second kappa shape index (κ2) is 9.53. The summed E-state index contributed by atoms with van der Waals surface area (Å²) in [6.07, 6.45) is 5.76. The summed E-state index contributed by atoms with van der Waals surface area (Å²) in [5, 5.41) is 4.18. The average Bonchev–Trinajstić information content (AvgIpc) is 3.28. The van der Waals surface area contributed by atoms with Crippen molar-refractivity contribution in [3.63, 3.8) is 0 Å². The van der Waals surface area contributed by atoms with Gasteiger partial charge in [0.15, 0.2) is 17.5 Å². The first-order chi connectivity index (χ1) is 16.9. The number of piperidine rings is 1. The number of hydrogen-bond donors (Lipinski definition) is 2.